The van der Waals surface area contributed by atoms with Gasteiger partial charge in [0.05, 0.1) is 5.69 Å². The zero-order valence-corrected chi connectivity index (χ0v) is 22.3. The number of carbonyl (C=O) groups is 4. The lowest BCUT2D eigenvalue weighted by molar-refractivity contribution is -0.118. The van der Waals surface area contributed by atoms with Gasteiger partial charge in [0, 0.05) is 42.1 Å². The number of benzene rings is 3. The number of rotatable bonds is 7. The third-order valence-corrected chi connectivity index (χ3v) is 5.98. The highest BCUT2D eigenvalue weighted by atomic mass is 16.5. The third kappa shape index (κ3) is 7.52. The number of hydrogen-bond acceptors (Lipinski definition) is 6. The van der Waals surface area contributed by atoms with Crippen LogP contribution in [-0.2, 0) is 11.3 Å². The highest BCUT2D eigenvalue weighted by Gasteiger charge is 2.33. The molecule has 39 heavy (non-hydrogen) atoms. The highest BCUT2D eigenvalue weighted by molar-refractivity contribution is 6.04. The lowest BCUT2D eigenvalue weighted by atomic mass is 10.1. The second-order valence-corrected chi connectivity index (χ2v) is 8.60. The molecule has 9 nitrogen and oxygen atoms in total. The van der Waals surface area contributed by atoms with Crippen LogP contribution in [-0.4, -0.2) is 53.8 Å². The SMILES string of the molecule is CC.CO.O=Cc1ccc(NC(=O)c2ccc(CN(C(=O)c3ccc4c(c3)OCC(=O)N4)C3CC3)cc2)cc1. The summed E-state index contributed by atoms with van der Waals surface area (Å²) < 4.78 is 5.45. The van der Waals surface area contributed by atoms with Crippen molar-refractivity contribution < 1.29 is 29.0 Å². The van der Waals surface area contributed by atoms with E-state index in [4.69, 9.17) is 9.84 Å². The maximum Gasteiger partial charge on any atom is 0.262 e. The molecule has 3 amide bonds. The van der Waals surface area contributed by atoms with Gasteiger partial charge < -0.3 is 25.4 Å². The van der Waals surface area contributed by atoms with E-state index in [9.17, 15) is 19.2 Å². The Morgan fingerprint density at radius 2 is 1.64 bits per heavy atom. The van der Waals surface area contributed by atoms with Crippen molar-refractivity contribution in [3.05, 3.63) is 89.0 Å². The molecule has 2 aliphatic rings. The van der Waals surface area contributed by atoms with E-state index in [-0.39, 0.29) is 30.4 Å². The van der Waals surface area contributed by atoms with E-state index >= 15 is 0 Å². The van der Waals surface area contributed by atoms with Gasteiger partial charge in [-0.25, -0.2) is 0 Å². The lowest BCUT2D eigenvalue weighted by Crippen LogP contribution is -2.33. The van der Waals surface area contributed by atoms with Crippen molar-refractivity contribution in [3.63, 3.8) is 0 Å². The number of amides is 3. The molecule has 3 aromatic carbocycles. The lowest BCUT2D eigenvalue weighted by Gasteiger charge is -2.24. The molecule has 1 aliphatic heterocycles. The van der Waals surface area contributed by atoms with Gasteiger partial charge in [0.1, 0.15) is 12.0 Å². The molecule has 5 rings (SSSR count). The van der Waals surface area contributed by atoms with E-state index in [2.05, 4.69) is 10.6 Å². The van der Waals surface area contributed by atoms with Crippen molar-refractivity contribution >= 4 is 35.4 Å². The van der Waals surface area contributed by atoms with Gasteiger partial charge in [0.25, 0.3) is 17.7 Å². The van der Waals surface area contributed by atoms with Crippen LogP contribution < -0.4 is 15.4 Å². The molecule has 0 spiro atoms. The number of hydrogen-bond donors (Lipinski definition) is 3. The summed E-state index contributed by atoms with van der Waals surface area (Å²) in [5.74, 6) is -0.0884. The molecular weight excluding hydrogens is 498 g/mol. The molecule has 1 aliphatic carbocycles. The van der Waals surface area contributed by atoms with Crippen LogP contribution in [0.15, 0.2) is 66.7 Å². The van der Waals surface area contributed by atoms with Crippen molar-refractivity contribution in [3.8, 4) is 5.75 Å². The van der Waals surface area contributed by atoms with Gasteiger partial charge in [0.15, 0.2) is 6.61 Å². The smallest absolute Gasteiger partial charge is 0.262 e. The Kier molecular flexibility index (Phi) is 10.3. The number of nitrogens with one attached hydrogen (secondary N) is 2. The van der Waals surface area contributed by atoms with E-state index < -0.39 is 0 Å². The fourth-order valence-corrected chi connectivity index (χ4v) is 3.93. The van der Waals surface area contributed by atoms with Crippen molar-refractivity contribution in [1.82, 2.24) is 4.90 Å². The number of aldehydes is 1. The fourth-order valence-electron chi connectivity index (χ4n) is 3.93. The summed E-state index contributed by atoms with van der Waals surface area (Å²) in [5.41, 5.74) is 3.61. The Morgan fingerprint density at radius 1 is 1.00 bits per heavy atom. The summed E-state index contributed by atoms with van der Waals surface area (Å²) in [4.78, 5) is 50.0. The number of carbonyl (C=O) groups excluding carboxylic acids is 4. The number of anilines is 2. The number of fused-ring (bicyclic) bond motifs is 1. The first-order chi connectivity index (χ1) is 19.0. The van der Waals surface area contributed by atoms with Gasteiger partial charge in [-0.2, -0.15) is 0 Å². The molecule has 1 heterocycles. The monoisotopic (exact) mass is 531 g/mol. The number of ether oxygens (including phenoxy) is 1. The van der Waals surface area contributed by atoms with Gasteiger partial charge in [-0.1, -0.05) is 26.0 Å². The largest absolute Gasteiger partial charge is 0.482 e. The average molecular weight is 532 g/mol. The molecule has 0 saturated heterocycles. The second-order valence-electron chi connectivity index (χ2n) is 8.60. The summed E-state index contributed by atoms with van der Waals surface area (Å²) in [6.45, 7) is 4.36. The topological polar surface area (TPSA) is 125 Å². The highest BCUT2D eigenvalue weighted by Crippen LogP contribution is 2.33. The first-order valence-corrected chi connectivity index (χ1v) is 12.8. The van der Waals surface area contributed by atoms with E-state index in [1.54, 1.807) is 54.6 Å². The van der Waals surface area contributed by atoms with Crippen molar-refractivity contribution in [2.45, 2.75) is 39.3 Å². The summed E-state index contributed by atoms with van der Waals surface area (Å²) in [7, 11) is 1.00. The summed E-state index contributed by atoms with van der Waals surface area (Å²) >= 11 is 0. The van der Waals surface area contributed by atoms with Crippen LogP contribution in [0.3, 0.4) is 0 Å². The molecule has 1 fully saturated rings. The first-order valence-electron chi connectivity index (χ1n) is 12.8. The predicted molar refractivity (Wildman–Crippen MR) is 149 cm³/mol. The van der Waals surface area contributed by atoms with Crippen LogP contribution in [0.5, 0.6) is 5.75 Å². The van der Waals surface area contributed by atoms with Crippen LogP contribution in [0.2, 0.25) is 0 Å². The van der Waals surface area contributed by atoms with E-state index in [1.165, 1.54) is 0 Å². The molecule has 0 atom stereocenters. The van der Waals surface area contributed by atoms with Crippen molar-refractivity contribution in [1.29, 1.82) is 0 Å². The molecule has 0 aromatic heterocycles. The third-order valence-electron chi connectivity index (χ3n) is 5.98. The zero-order chi connectivity index (χ0) is 28.4. The Labute approximate surface area is 227 Å². The van der Waals surface area contributed by atoms with Crippen LogP contribution in [0, 0.1) is 0 Å². The van der Waals surface area contributed by atoms with Crippen LogP contribution >= 0.6 is 0 Å². The van der Waals surface area contributed by atoms with Crippen LogP contribution in [0.4, 0.5) is 11.4 Å². The normalized spacial score (nSPS) is 13.1. The molecule has 3 N–H and O–H groups in total. The molecule has 0 bridgehead atoms. The average Bonchev–Trinajstić information content (AvgIpc) is 3.83. The Balaban J connectivity index is 0.00000100. The fraction of sp³-hybridized carbons (Fsp3) is 0.267. The molecule has 1 saturated carbocycles. The minimum Gasteiger partial charge on any atom is -0.482 e. The molecule has 0 radical (unpaired) electrons. The second kappa shape index (κ2) is 13.9. The maximum absolute atomic E-state index is 13.3. The summed E-state index contributed by atoms with van der Waals surface area (Å²) in [6.07, 6.45) is 2.65. The van der Waals surface area contributed by atoms with E-state index in [1.807, 2.05) is 30.9 Å². The Hall–Kier alpha value is -4.50. The Bertz CT molecular complexity index is 1300. The Morgan fingerprint density at radius 3 is 2.26 bits per heavy atom. The first kappa shape index (κ1) is 29.1. The molecule has 9 heteroatoms. The molecular formula is C30H33N3O6. The van der Waals surface area contributed by atoms with Crippen LogP contribution in [0.25, 0.3) is 0 Å². The molecule has 204 valence electrons. The summed E-state index contributed by atoms with van der Waals surface area (Å²) in [5, 5.41) is 12.5. The van der Waals surface area contributed by atoms with Gasteiger partial charge in [-0.3, -0.25) is 19.2 Å². The standard InChI is InChI=1S/C27H23N3O5.C2H6.CH4O/c31-15-18-3-8-21(9-4-18)28-26(33)19-5-1-17(2-6-19)14-30(22-10-11-22)27(34)20-7-12-23-24(13-20)35-16-25(32)29-23;2*1-2/h1-9,12-13,15,22H,10-11,14,16H2,(H,28,33)(H,29,32);1-2H3;2H,1H3. The number of nitrogens with zero attached hydrogens (tertiary/aromatic N) is 1. The van der Waals surface area contributed by atoms with Gasteiger partial charge in [-0.05, 0) is 73.0 Å². The van der Waals surface area contributed by atoms with Gasteiger partial charge in [-0.15, -0.1) is 0 Å². The predicted octanol–water partition coefficient (Wildman–Crippen LogP) is 4.52. The number of aliphatic hydroxyl groups excluding tert-OH is 1. The van der Waals surface area contributed by atoms with Gasteiger partial charge >= 0.3 is 0 Å². The van der Waals surface area contributed by atoms with Crippen LogP contribution in [0.1, 0.15) is 63.3 Å². The minimum atomic E-state index is -0.258. The minimum absolute atomic E-state index is 0.0685. The quantitative estimate of drug-likeness (QED) is 0.385. The van der Waals surface area contributed by atoms with E-state index in [0.717, 1.165) is 31.8 Å². The van der Waals surface area contributed by atoms with Gasteiger partial charge in [0.2, 0.25) is 0 Å². The van der Waals surface area contributed by atoms with Crippen molar-refractivity contribution in [2.75, 3.05) is 24.4 Å². The maximum atomic E-state index is 13.3. The molecule has 3 aromatic rings. The summed E-state index contributed by atoms with van der Waals surface area (Å²) in [6, 6.07) is 19.0. The van der Waals surface area contributed by atoms with E-state index in [0.29, 0.717) is 40.4 Å². The zero-order valence-electron chi connectivity index (χ0n) is 22.3. The molecule has 0 unspecified atom stereocenters. The number of aliphatic hydroxyl groups is 1. The van der Waals surface area contributed by atoms with Crippen molar-refractivity contribution in [2.24, 2.45) is 0 Å².